The van der Waals surface area contributed by atoms with E-state index in [1.165, 1.54) is 11.6 Å². The number of nitrogens with zero attached hydrogens (tertiary/aromatic N) is 4. The van der Waals surface area contributed by atoms with Gasteiger partial charge in [-0.25, -0.2) is 4.98 Å². The first-order valence-corrected chi connectivity index (χ1v) is 21.1. The molecule has 1 aliphatic heterocycles. The SMILES string of the molecule is [2H]c1cc(-c2cccc3c2-[n+]2[c-]n(-c4[c-]c(Oc5[c-]c6c(cc5)c5ccccc5n6-c5cc(C(C)(C)C)ccn5)ccc4)c4cccc(c42)-c2ccccc2-c2ccccc2-3)c([2H])c([2H])c1[2H].[Pt]. The first-order valence-electron chi connectivity index (χ1n) is 23.1. The molecular weight excluding hydrogens is 964 g/mol. The van der Waals surface area contributed by atoms with Gasteiger partial charge < -0.3 is 13.9 Å². The topological polar surface area (TPSA) is 35.9 Å². The van der Waals surface area contributed by atoms with Crippen LogP contribution in [0.25, 0.3) is 94.5 Å². The summed E-state index contributed by atoms with van der Waals surface area (Å²) in [6.45, 7) is 6.61. The molecule has 0 aliphatic carbocycles. The molecule has 11 aromatic rings. The molecule has 0 N–H and O–H groups in total. The van der Waals surface area contributed by atoms with Crippen molar-refractivity contribution in [1.29, 1.82) is 0 Å². The van der Waals surface area contributed by atoms with Gasteiger partial charge in [0.25, 0.3) is 6.33 Å². The molecule has 64 heavy (non-hydrogen) atoms. The van der Waals surface area contributed by atoms with Crippen molar-refractivity contribution in [2.45, 2.75) is 26.2 Å². The summed E-state index contributed by atoms with van der Waals surface area (Å²) in [5.74, 6) is 1.83. The number of para-hydroxylation sites is 3. The zero-order valence-corrected chi connectivity index (χ0v) is 37.4. The summed E-state index contributed by atoms with van der Waals surface area (Å²) in [5, 5.41) is 2.14. The van der Waals surface area contributed by atoms with E-state index in [1.807, 2.05) is 59.3 Å². The molecule has 1 aliphatic rings. The van der Waals surface area contributed by atoms with Crippen molar-refractivity contribution in [2.24, 2.45) is 0 Å². The summed E-state index contributed by atoms with van der Waals surface area (Å²) in [5.41, 5.74) is 13.2. The number of imidazole rings is 1. The maximum absolute atomic E-state index is 9.14. The van der Waals surface area contributed by atoms with Crippen LogP contribution in [-0.2, 0) is 26.5 Å². The number of hydrogen-bond donors (Lipinski definition) is 0. The number of hydrogen-bond acceptors (Lipinski definition) is 2. The average Bonchev–Trinajstić information content (AvgIpc) is 3.91. The summed E-state index contributed by atoms with van der Waals surface area (Å²) in [6, 6.07) is 59.3. The van der Waals surface area contributed by atoms with Crippen LogP contribution in [0, 0.1) is 18.5 Å². The molecule has 3 aromatic heterocycles. The van der Waals surface area contributed by atoms with Gasteiger partial charge in [-0.15, -0.1) is 29.7 Å². The van der Waals surface area contributed by atoms with E-state index < -0.39 is 0 Å². The van der Waals surface area contributed by atoms with E-state index in [0.29, 0.717) is 28.3 Å². The van der Waals surface area contributed by atoms with Gasteiger partial charge in [-0.3, -0.25) is 4.57 Å². The van der Waals surface area contributed by atoms with Crippen LogP contribution in [0.1, 0.15) is 31.8 Å². The first kappa shape index (κ1) is 35.2. The number of rotatable bonds is 5. The van der Waals surface area contributed by atoms with Gasteiger partial charge in [0.1, 0.15) is 5.82 Å². The van der Waals surface area contributed by atoms with Crippen molar-refractivity contribution in [3.05, 3.63) is 212 Å². The van der Waals surface area contributed by atoms with Gasteiger partial charge in [0, 0.05) is 44.3 Å². The van der Waals surface area contributed by atoms with Gasteiger partial charge in [-0.05, 0) is 84.8 Å². The smallest absolute Gasteiger partial charge is 0.268 e. The molecule has 6 heteroatoms. The molecule has 310 valence electrons. The van der Waals surface area contributed by atoms with Gasteiger partial charge in [0.2, 0.25) is 0 Å². The number of ether oxygens (including phenoxy) is 1. The predicted octanol–water partition coefficient (Wildman–Crippen LogP) is 13.9. The summed E-state index contributed by atoms with van der Waals surface area (Å²) in [4.78, 5) is 4.85. The van der Waals surface area contributed by atoms with E-state index in [1.54, 1.807) is 0 Å². The zero-order valence-electron chi connectivity index (χ0n) is 39.1. The molecule has 0 saturated heterocycles. The molecule has 4 heterocycles. The summed E-state index contributed by atoms with van der Waals surface area (Å²) < 4.78 is 47.7. The summed E-state index contributed by atoms with van der Waals surface area (Å²) in [7, 11) is 0. The van der Waals surface area contributed by atoms with Crippen LogP contribution in [0.5, 0.6) is 11.5 Å². The second kappa shape index (κ2) is 15.5. The quantitative estimate of drug-likeness (QED) is 0.127. The van der Waals surface area contributed by atoms with Crippen molar-refractivity contribution in [1.82, 2.24) is 14.1 Å². The van der Waals surface area contributed by atoms with E-state index in [9.17, 15) is 0 Å². The van der Waals surface area contributed by atoms with Crippen LogP contribution in [-0.4, -0.2) is 14.1 Å². The van der Waals surface area contributed by atoms with E-state index in [-0.39, 0.29) is 50.6 Å². The Morgan fingerprint density at radius 1 is 0.594 bits per heavy atom. The van der Waals surface area contributed by atoms with Crippen LogP contribution >= 0.6 is 0 Å². The van der Waals surface area contributed by atoms with E-state index >= 15 is 0 Å². The molecular formula is C58H40N4OPt-2. The van der Waals surface area contributed by atoms with Crippen LogP contribution in [0.2, 0.25) is 0 Å². The van der Waals surface area contributed by atoms with Crippen molar-refractivity contribution in [2.75, 3.05) is 0 Å². The molecule has 12 rings (SSSR count). The Morgan fingerprint density at radius 3 is 2.06 bits per heavy atom. The third kappa shape index (κ3) is 6.42. The van der Waals surface area contributed by atoms with Gasteiger partial charge in [0.05, 0.1) is 22.2 Å². The van der Waals surface area contributed by atoms with E-state index in [0.717, 1.165) is 77.7 Å². The Hall–Kier alpha value is -7.33. The Bertz CT molecular complexity index is 3850. The minimum absolute atomic E-state index is 0. The third-order valence-corrected chi connectivity index (χ3v) is 12.1. The fraction of sp³-hybridized carbons (Fsp3) is 0.0690. The van der Waals surface area contributed by atoms with Crippen LogP contribution in [0.15, 0.2) is 188 Å². The predicted molar refractivity (Wildman–Crippen MR) is 254 cm³/mol. The molecule has 5 nitrogen and oxygen atoms in total. The van der Waals surface area contributed by atoms with E-state index in [2.05, 4.69) is 151 Å². The molecule has 0 unspecified atom stereocenters. The van der Waals surface area contributed by atoms with Crippen molar-refractivity contribution >= 4 is 32.8 Å². The van der Waals surface area contributed by atoms with Crippen molar-refractivity contribution in [3.8, 4) is 73.2 Å². The fourth-order valence-electron chi connectivity index (χ4n) is 9.19. The molecule has 0 bridgehead atoms. The number of aromatic nitrogens is 4. The average molecular weight is 1010 g/mol. The molecule has 0 atom stereocenters. The Labute approximate surface area is 392 Å². The van der Waals surface area contributed by atoms with Crippen LogP contribution < -0.4 is 9.30 Å². The number of fused-ring (bicyclic) bond motifs is 10. The third-order valence-electron chi connectivity index (χ3n) is 12.1. The van der Waals surface area contributed by atoms with Gasteiger partial charge in [-0.1, -0.05) is 160 Å². The van der Waals surface area contributed by atoms with Crippen LogP contribution in [0.3, 0.4) is 0 Å². The van der Waals surface area contributed by atoms with Gasteiger partial charge >= 0.3 is 0 Å². The molecule has 0 radical (unpaired) electrons. The van der Waals surface area contributed by atoms with E-state index in [4.69, 9.17) is 15.2 Å². The number of benzene rings is 8. The summed E-state index contributed by atoms with van der Waals surface area (Å²) >= 11 is 0. The standard InChI is InChI=1S/C58H40N4O.Pt/c1-58(2,3)39-32-33-59-55(34-39)62-52-28-12-11-24-48(52)49-31-30-42(36-54(49)62)63-41-19-13-18-40(35-41)60-37-61-56-43(38-16-5-4-6-17-38)25-14-26-50(56)46-22-9-7-20-44(46)45-21-8-10-23-47(45)51-27-15-29-53(60)57(51)61;/h4-34H,1-3H3;/q-2;/i4D,5D,6D,16D;. The fourth-order valence-corrected chi connectivity index (χ4v) is 9.19. The second-order valence-corrected chi connectivity index (χ2v) is 16.9. The Kier molecular flexibility index (Phi) is 8.51. The minimum Gasteiger partial charge on any atom is -0.510 e. The molecule has 0 amide bonds. The zero-order chi connectivity index (χ0) is 45.7. The molecule has 0 fully saturated rings. The van der Waals surface area contributed by atoms with Gasteiger partial charge in [-0.2, -0.15) is 18.2 Å². The minimum atomic E-state index is -0.288. The van der Waals surface area contributed by atoms with Crippen molar-refractivity contribution < 1.29 is 35.9 Å². The maximum atomic E-state index is 9.14. The maximum Gasteiger partial charge on any atom is 0.268 e. The summed E-state index contributed by atoms with van der Waals surface area (Å²) in [6.07, 6.45) is 5.61. The Morgan fingerprint density at radius 2 is 1.25 bits per heavy atom. The second-order valence-electron chi connectivity index (χ2n) is 16.9. The molecule has 0 spiro atoms. The van der Waals surface area contributed by atoms with Crippen molar-refractivity contribution in [3.63, 3.8) is 0 Å². The first-order chi connectivity index (χ1) is 32.5. The van der Waals surface area contributed by atoms with Gasteiger partial charge in [0.15, 0.2) is 0 Å². The molecule has 0 saturated carbocycles. The number of pyridine rings is 1. The largest absolute Gasteiger partial charge is 0.510 e. The Balaban J connectivity index is 0.00000507. The monoisotopic (exact) mass is 1010 g/mol. The normalized spacial score (nSPS) is 12.7. The molecule has 8 aromatic carbocycles. The van der Waals surface area contributed by atoms with Crippen LogP contribution in [0.4, 0.5) is 0 Å².